The van der Waals surface area contributed by atoms with Crippen LogP contribution in [0.4, 0.5) is 0 Å². The molecule has 0 aliphatic rings. The fourth-order valence-electron chi connectivity index (χ4n) is 2.93. The second kappa shape index (κ2) is 9.23. The zero-order valence-electron chi connectivity index (χ0n) is 16.9. The molecule has 0 unspecified atom stereocenters. The molecule has 3 rings (SSSR count). The van der Waals surface area contributed by atoms with Crippen molar-refractivity contribution in [2.45, 2.75) is 26.8 Å². The Hall–Kier alpha value is -3.35. The molecule has 2 aromatic heterocycles. The van der Waals surface area contributed by atoms with Crippen molar-refractivity contribution >= 4 is 17.3 Å². The lowest BCUT2D eigenvalue weighted by Crippen LogP contribution is -2.27. The van der Waals surface area contributed by atoms with Gasteiger partial charge in [0, 0.05) is 19.3 Å². The van der Waals surface area contributed by atoms with Gasteiger partial charge in [-0.25, -0.2) is 4.98 Å². The molecule has 2 heterocycles. The number of pyridine rings is 1. The summed E-state index contributed by atoms with van der Waals surface area (Å²) >= 11 is 0. The number of carbonyl (C=O) groups is 2. The van der Waals surface area contributed by atoms with Gasteiger partial charge in [-0.3, -0.25) is 14.0 Å². The van der Waals surface area contributed by atoms with Gasteiger partial charge >= 0.3 is 0 Å². The summed E-state index contributed by atoms with van der Waals surface area (Å²) < 4.78 is 6.79. The lowest BCUT2D eigenvalue weighted by Gasteiger charge is -2.06. The van der Waals surface area contributed by atoms with Crippen molar-refractivity contribution in [3.05, 3.63) is 65.7 Å². The number of ether oxygens (including phenoxy) is 1. The Balaban J connectivity index is 1.76. The van der Waals surface area contributed by atoms with Crippen molar-refractivity contribution in [1.82, 2.24) is 20.0 Å². The number of hydrogen-bond donors (Lipinski definition) is 2. The Labute approximate surface area is 170 Å². The van der Waals surface area contributed by atoms with E-state index in [9.17, 15) is 9.59 Å². The van der Waals surface area contributed by atoms with Gasteiger partial charge in [-0.1, -0.05) is 32.0 Å². The van der Waals surface area contributed by atoms with Gasteiger partial charge in [-0.2, -0.15) is 0 Å². The lowest BCUT2D eigenvalue weighted by atomic mass is 10.1. The summed E-state index contributed by atoms with van der Waals surface area (Å²) in [5.41, 5.74) is 1.76. The summed E-state index contributed by atoms with van der Waals surface area (Å²) in [7, 11) is 1.61. The normalized spacial score (nSPS) is 10.9. The van der Waals surface area contributed by atoms with Crippen LogP contribution in [0.2, 0.25) is 0 Å². The number of amides is 2. The number of rotatable bonds is 8. The molecule has 152 valence electrons. The Kier molecular flexibility index (Phi) is 6.49. The molecular formula is C22H26N4O3. The van der Waals surface area contributed by atoms with E-state index >= 15 is 0 Å². The molecule has 0 aliphatic carbocycles. The molecule has 7 heteroatoms. The predicted octanol–water partition coefficient (Wildman–Crippen LogP) is 3.05. The maximum atomic E-state index is 12.8. The van der Waals surface area contributed by atoms with Crippen LogP contribution in [-0.2, 0) is 6.54 Å². The first kappa shape index (κ1) is 20.4. The van der Waals surface area contributed by atoms with Gasteiger partial charge in [0.15, 0.2) is 5.69 Å². The van der Waals surface area contributed by atoms with Gasteiger partial charge in [-0.05, 0) is 42.2 Å². The highest BCUT2D eigenvalue weighted by Gasteiger charge is 2.21. The largest absolute Gasteiger partial charge is 0.497 e. The number of nitrogens with zero attached hydrogens (tertiary/aromatic N) is 2. The van der Waals surface area contributed by atoms with E-state index in [0.717, 1.165) is 17.7 Å². The van der Waals surface area contributed by atoms with E-state index in [1.54, 1.807) is 29.8 Å². The topological polar surface area (TPSA) is 84.7 Å². The van der Waals surface area contributed by atoms with Crippen molar-refractivity contribution in [1.29, 1.82) is 0 Å². The molecule has 0 saturated carbocycles. The molecule has 7 nitrogen and oxygen atoms in total. The van der Waals surface area contributed by atoms with Gasteiger partial charge in [-0.15, -0.1) is 0 Å². The van der Waals surface area contributed by atoms with Crippen LogP contribution in [0.3, 0.4) is 0 Å². The zero-order valence-corrected chi connectivity index (χ0v) is 16.9. The monoisotopic (exact) mass is 394 g/mol. The summed E-state index contributed by atoms with van der Waals surface area (Å²) in [5.74, 6) is 0.839. The van der Waals surface area contributed by atoms with Crippen molar-refractivity contribution < 1.29 is 14.3 Å². The number of carbonyl (C=O) groups excluding carboxylic acids is 2. The molecule has 2 amide bonds. The van der Waals surface area contributed by atoms with Crippen LogP contribution in [0.25, 0.3) is 5.52 Å². The molecular weight excluding hydrogens is 368 g/mol. The molecule has 3 aromatic rings. The first-order valence-corrected chi connectivity index (χ1v) is 9.66. The number of benzene rings is 1. The highest BCUT2D eigenvalue weighted by Crippen LogP contribution is 2.15. The minimum Gasteiger partial charge on any atom is -0.497 e. The molecule has 0 fully saturated rings. The molecule has 2 N–H and O–H groups in total. The average molecular weight is 394 g/mol. The van der Waals surface area contributed by atoms with E-state index in [-0.39, 0.29) is 23.3 Å². The van der Waals surface area contributed by atoms with E-state index in [0.29, 0.717) is 24.5 Å². The van der Waals surface area contributed by atoms with Crippen LogP contribution in [0.15, 0.2) is 48.7 Å². The Morgan fingerprint density at radius 1 is 1.07 bits per heavy atom. The average Bonchev–Trinajstić information content (AvgIpc) is 3.12. The van der Waals surface area contributed by atoms with Gasteiger partial charge in [0.2, 0.25) is 5.82 Å². The maximum absolute atomic E-state index is 12.8. The van der Waals surface area contributed by atoms with Crippen LogP contribution < -0.4 is 15.4 Å². The molecule has 0 aliphatic heterocycles. The molecule has 1 aromatic carbocycles. The number of methoxy groups -OCH3 is 1. The third-order valence-corrected chi connectivity index (χ3v) is 4.59. The highest BCUT2D eigenvalue weighted by atomic mass is 16.5. The second-order valence-corrected chi connectivity index (χ2v) is 7.21. The van der Waals surface area contributed by atoms with Crippen LogP contribution in [0.1, 0.15) is 46.9 Å². The molecule has 0 radical (unpaired) electrons. The van der Waals surface area contributed by atoms with Crippen LogP contribution >= 0.6 is 0 Å². The van der Waals surface area contributed by atoms with Gasteiger partial charge in [0.25, 0.3) is 11.8 Å². The van der Waals surface area contributed by atoms with Crippen molar-refractivity contribution in [2.24, 2.45) is 5.92 Å². The fourth-order valence-corrected chi connectivity index (χ4v) is 2.93. The minimum atomic E-state index is -0.328. The van der Waals surface area contributed by atoms with E-state index in [1.807, 2.05) is 30.3 Å². The summed E-state index contributed by atoms with van der Waals surface area (Å²) in [6, 6.07) is 12.9. The summed E-state index contributed by atoms with van der Waals surface area (Å²) in [6.45, 7) is 5.12. The number of imidazole rings is 1. The minimum absolute atomic E-state index is 0.207. The number of fused-ring (bicyclic) bond motifs is 1. The highest BCUT2D eigenvalue weighted by molar-refractivity contribution is 6.02. The maximum Gasteiger partial charge on any atom is 0.287 e. The van der Waals surface area contributed by atoms with E-state index < -0.39 is 0 Å². The summed E-state index contributed by atoms with van der Waals surface area (Å²) in [4.78, 5) is 29.7. The lowest BCUT2D eigenvalue weighted by molar-refractivity contribution is 0.0941. The standard InChI is InChI=1S/C22H26N4O3/c1-15(2)11-12-23-22(28)20-25-19(18-6-4-5-13-26(18)20)21(27)24-14-16-7-9-17(29-3)10-8-16/h4-10,13,15H,11-12,14H2,1-3H3,(H,23,28)(H,24,27). The number of hydrogen-bond acceptors (Lipinski definition) is 4. The molecule has 0 bridgehead atoms. The van der Waals surface area contributed by atoms with E-state index in [1.165, 1.54) is 0 Å². The van der Waals surface area contributed by atoms with Crippen LogP contribution in [0.5, 0.6) is 5.75 Å². The van der Waals surface area contributed by atoms with Crippen LogP contribution in [-0.4, -0.2) is 34.9 Å². The summed E-state index contributed by atoms with van der Waals surface area (Å²) in [5, 5.41) is 5.75. The van der Waals surface area contributed by atoms with Crippen LogP contribution in [0, 0.1) is 5.92 Å². The van der Waals surface area contributed by atoms with E-state index in [4.69, 9.17) is 4.74 Å². The fraction of sp³-hybridized carbons (Fsp3) is 0.318. The van der Waals surface area contributed by atoms with Crippen molar-refractivity contribution in [3.8, 4) is 5.75 Å². The number of aromatic nitrogens is 2. The Bertz CT molecular complexity index is 993. The molecule has 0 saturated heterocycles. The number of nitrogens with one attached hydrogen (secondary N) is 2. The van der Waals surface area contributed by atoms with Crippen molar-refractivity contribution in [2.75, 3.05) is 13.7 Å². The van der Waals surface area contributed by atoms with Gasteiger partial charge in [0.05, 0.1) is 12.6 Å². The van der Waals surface area contributed by atoms with Gasteiger partial charge < -0.3 is 15.4 Å². The van der Waals surface area contributed by atoms with Crippen molar-refractivity contribution in [3.63, 3.8) is 0 Å². The Morgan fingerprint density at radius 3 is 2.52 bits per heavy atom. The predicted molar refractivity (Wildman–Crippen MR) is 111 cm³/mol. The summed E-state index contributed by atoms with van der Waals surface area (Å²) in [6.07, 6.45) is 2.62. The smallest absolute Gasteiger partial charge is 0.287 e. The first-order valence-electron chi connectivity index (χ1n) is 9.66. The molecule has 0 spiro atoms. The zero-order chi connectivity index (χ0) is 20.8. The van der Waals surface area contributed by atoms with E-state index in [2.05, 4.69) is 29.5 Å². The third kappa shape index (κ3) is 4.93. The Morgan fingerprint density at radius 2 is 1.83 bits per heavy atom. The quantitative estimate of drug-likeness (QED) is 0.615. The third-order valence-electron chi connectivity index (χ3n) is 4.59. The first-order chi connectivity index (χ1) is 14.0. The molecule has 29 heavy (non-hydrogen) atoms. The van der Waals surface area contributed by atoms with Gasteiger partial charge in [0.1, 0.15) is 5.75 Å². The SMILES string of the molecule is COc1ccc(CNC(=O)c2nc(C(=O)NCCC(C)C)n3ccccc23)cc1. The molecule has 0 atom stereocenters. The second-order valence-electron chi connectivity index (χ2n) is 7.21.